The van der Waals surface area contributed by atoms with E-state index in [1.54, 1.807) is 0 Å². The maximum absolute atomic E-state index is 14.2. The summed E-state index contributed by atoms with van der Waals surface area (Å²) in [5, 5.41) is 0. The molecule has 10 heteroatoms. The lowest BCUT2D eigenvalue weighted by molar-refractivity contribution is -0.145. The predicted octanol–water partition coefficient (Wildman–Crippen LogP) is 6.53. The van der Waals surface area contributed by atoms with E-state index < -0.39 is 42.6 Å². The average Bonchev–Trinajstić information content (AvgIpc) is 3.65. The molecule has 6 nitrogen and oxygen atoms in total. The summed E-state index contributed by atoms with van der Waals surface area (Å²) in [6.07, 6.45) is 0.715. The smallest absolute Gasteiger partial charge is 0.376 e. The second kappa shape index (κ2) is 10.7. The molecule has 5 aliphatic rings. The zero-order chi connectivity index (χ0) is 30.7. The van der Waals surface area contributed by atoms with Crippen molar-refractivity contribution in [1.29, 1.82) is 0 Å². The number of ether oxygens (including phenoxy) is 3. The number of carbonyl (C=O) groups excluding carboxylic acids is 1. The van der Waals surface area contributed by atoms with Crippen LogP contribution in [0.15, 0.2) is 83.3 Å². The Bertz CT molecular complexity index is 1540. The lowest BCUT2D eigenvalue weighted by atomic mass is 9.35. The SMILES string of the molecule is C=C1[C@]23C(S(=O)(=O)C(F)(F)F)=C(C=O)CC[C@@]2(C)[C@@]1([C@H]1C[C@@H]1COCc1ccccc1)C[C@@H]3OCOCc1ccccc1. The van der Waals surface area contributed by atoms with Gasteiger partial charge in [0.2, 0.25) is 0 Å². The Kier molecular flexibility index (Phi) is 7.51. The van der Waals surface area contributed by atoms with Gasteiger partial charge >= 0.3 is 5.51 Å². The van der Waals surface area contributed by atoms with Gasteiger partial charge in [-0.05, 0) is 54.1 Å². The van der Waals surface area contributed by atoms with Gasteiger partial charge in [0.15, 0.2) is 0 Å². The summed E-state index contributed by atoms with van der Waals surface area (Å²) in [6, 6.07) is 19.1. The van der Waals surface area contributed by atoms with Crippen LogP contribution in [0.25, 0.3) is 0 Å². The maximum Gasteiger partial charge on any atom is 0.501 e. The van der Waals surface area contributed by atoms with Gasteiger partial charge in [-0.25, -0.2) is 8.42 Å². The normalized spacial score (nSPS) is 33.2. The molecule has 0 unspecified atom stereocenters. The summed E-state index contributed by atoms with van der Waals surface area (Å²) in [5.41, 5.74) is -6.78. The number of fused-ring (bicyclic) bond motifs is 1. The Balaban J connectivity index is 1.30. The molecular formula is C33H35F3O6S. The quantitative estimate of drug-likeness (QED) is 0.117. The molecule has 0 aliphatic heterocycles. The first-order valence-corrected chi connectivity index (χ1v) is 16.0. The number of sulfone groups is 1. The highest BCUT2D eigenvalue weighted by molar-refractivity contribution is 7.96. The molecule has 6 atom stereocenters. The number of rotatable bonds is 12. The molecule has 4 saturated carbocycles. The highest BCUT2D eigenvalue weighted by Crippen LogP contribution is 2.90. The van der Waals surface area contributed by atoms with Crippen LogP contribution >= 0.6 is 0 Å². The second-order valence-corrected chi connectivity index (χ2v) is 14.3. The molecule has 0 radical (unpaired) electrons. The van der Waals surface area contributed by atoms with Crippen molar-refractivity contribution in [2.45, 2.75) is 57.4 Å². The standard InChI is InChI=1S/C33H35F3O6S/c1-22-31(27-15-26(27)20-40-18-23-9-5-3-6-10-23)16-28(42-21-41-19-24-11-7-4-8-12-24)32(22)29(43(38,39)33(34,35)36)25(17-37)13-14-30(31,32)2/h3-12,17,26-28H,1,13-16,18-21H2,2H3/t26-,27+,28+,30+,31+,32+/m1/s1. The van der Waals surface area contributed by atoms with Crippen molar-refractivity contribution in [2.75, 3.05) is 13.4 Å². The van der Waals surface area contributed by atoms with E-state index in [2.05, 4.69) is 6.58 Å². The summed E-state index contributed by atoms with van der Waals surface area (Å²) in [5.74, 6) is 0.211. The molecule has 1 spiro atoms. The molecule has 7 rings (SSSR count). The lowest BCUT2D eigenvalue weighted by Crippen LogP contribution is -2.66. The van der Waals surface area contributed by atoms with Gasteiger partial charge in [0.25, 0.3) is 9.84 Å². The number of hydrogen-bond acceptors (Lipinski definition) is 6. The first kappa shape index (κ1) is 30.2. The fraction of sp³-hybridized carbons (Fsp3) is 0.485. The number of alkyl halides is 3. The number of carbonyl (C=O) groups is 1. The topological polar surface area (TPSA) is 78.9 Å². The zero-order valence-corrected chi connectivity index (χ0v) is 24.8. The predicted molar refractivity (Wildman–Crippen MR) is 153 cm³/mol. The van der Waals surface area contributed by atoms with Gasteiger partial charge in [0, 0.05) is 11.0 Å². The van der Waals surface area contributed by atoms with E-state index in [0.717, 1.165) is 17.5 Å². The number of aldehydes is 1. The van der Waals surface area contributed by atoms with Gasteiger partial charge in [-0.2, -0.15) is 13.2 Å². The molecule has 5 aliphatic carbocycles. The van der Waals surface area contributed by atoms with Gasteiger partial charge in [0.1, 0.15) is 13.1 Å². The van der Waals surface area contributed by atoms with Crippen LogP contribution in [0.1, 0.15) is 43.7 Å². The van der Waals surface area contributed by atoms with Crippen molar-refractivity contribution >= 4 is 16.1 Å². The first-order valence-electron chi connectivity index (χ1n) is 14.5. The molecule has 0 N–H and O–H groups in total. The maximum atomic E-state index is 14.2. The highest BCUT2D eigenvalue weighted by atomic mass is 32.2. The lowest BCUT2D eigenvalue weighted by Gasteiger charge is -2.69. The summed E-state index contributed by atoms with van der Waals surface area (Å²) in [7, 11) is -5.86. The van der Waals surface area contributed by atoms with Crippen molar-refractivity contribution in [3.05, 3.63) is 94.4 Å². The van der Waals surface area contributed by atoms with Gasteiger partial charge in [-0.1, -0.05) is 79.7 Å². The zero-order valence-electron chi connectivity index (χ0n) is 23.9. The van der Waals surface area contributed by atoms with E-state index in [1.165, 1.54) is 0 Å². The van der Waals surface area contributed by atoms with Gasteiger partial charge in [-0.3, -0.25) is 4.79 Å². The fourth-order valence-corrected chi connectivity index (χ4v) is 10.4. The number of halogens is 3. The first-order chi connectivity index (χ1) is 20.4. The molecular weight excluding hydrogens is 581 g/mol. The Labute approximate surface area is 249 Å². The Morgan fingerprint density at radius 3 is 2.19 bits per heavy atom. The van der Waals surface area contributed by atoms with Crippen LogP contribution in [-0.2, 0) is 42.1 Å². The van der Waals surface area contributed by atoms with E-state index in [9.17, 15) is 26.4 Å². The van der Waals surface area contributed by atoms with Crippen molar-refractivity contribution < 1.29 is 40.6 Å². The van der Waals surface area contributed by atoms with E-state index in [-0.39, 0.29) is 43.5 Å². The molecule has 0 aromatic heterocycles. The van der Waals surface area contributed by atoms with E-state index in [4.69, 9.17) is 14.2 Å². The summed E-state index contributed by atoms with van der Waals surface area (Å²) in [4.78, 5) is 11.3. The minimum absolute atomic E-state index is 0.0550. The van der Waals surface area contributed by atoms with Crippen LogP contribution in [-0.4, -0.2) is 39.7 Å². The molecule has 0 amide bonds. The fourth-order valence-electron chi connectivity index (χ4n) is 8.74. The summed E-state index contributed by atoms with van der Waals surface area (Å²) >= 11 is 0. The molecule has 43 heavy (non-hydrogen) atoms. The van der Waals surface area contributed by atoms with Crippen LogP contribution in [0.3, 0.4) is 0 Å². The summed E-state index contributed by atoms with van der Waals surface area (Å²) in [6.45, 7) is 7.06. The molecule has 0 heterocycles. The largest absolute Gasteiger partial charge is 0.501 e. The second-order valence-electron chi connectivity index (χ2n) is 12.4. The van der Waals surface area contributed by atoms with Gasteiger partial charge in [0.05, 0.1) is 36.2 Å². The van der Waals surface area contributed by atoms with E-state index in [0.29, 0.717) is 31.6 Å². The Morgan fingerprint density at radius 2 is 1.60 bits per heavy atom. The Morgan fingerprint density at radius 1 is 1.00 bits per heavy atom. The Hall–Kier alpha value is -2.79. The summed E-state index contributed by atoms with van der Waals surface area (Å²) < 4.78 is 87.0. The van der Waals surface area contributed by atoms with Crippen molar-refractivity contribution in [2.24, 2.45) is 28.1 Å². The number of allylic oxidation sites excluding steroid dienone is 1. The van der Waals surface area contributed by atoms with Gasteiger partial charge < -0.3 is 14.2 Å². The molecule has 2 aromatic carbocycles. The molecule has 0 saturated heterocycles. The number of hydrogen-bond donors (Lipinski definition) is 0. The van der Waals surface area contributed by atoms with Crippen LogP contribution in [0.5, 0.6) is 0 Å². The molecule has 2 aromatic rings. The van der Waals surface area contributed by atoms with Gasteiger partial charge in [-0.15, -0.1) is 0 Å². The number of benzene rings is 2. The van der Waals surface area contributed by atoms with Crippen LogP contribution in [0.4, 0.5) is 13.2 Å². The third-order valence-electron chi connectivity index (χ3n) is 10.6. The van der Waals surface area contributed by atoms with Crippen LogP contribution in [0, 0.1) is 28.1 Å². The highest BCUT2D eigenvalue weighted by Gasteiger charge is 2.89. The minimum atomic E-state index is -5.86. The van der Waals surface area contributed by atoms with Crippen LogP contribution < -0.4 is 0 Å². The van der Waals surface area contributed by atoms with Crippen molar-refractivity contribution in [1.82, 2.24) is 0 Å². The van der Waals surface area contributed by atoms with Crippen molar-refractivity contribution in [3.63, 3.8) is 0 Å². The van der Waals surface area contributed by atoms with Crippen molar-refractivity contribution in [3.8, 4) is 0 Å². The minimum Gasteiger partial charge on any atom is -0.376 e. The third-order valence-corrected chi connectivity index (χ3v) is 12.3. The van der Waals surface area contributed by atoms with E-state index >= 15 is 0 Å². The van der Waals surface area contributed by atoms with Crippen LogP contribution in [0.2, 0.25) is 0 Å². The monoisotopic (exact) mass is 616 g/mol. The molecule has 2 bridgehead atoms. The average molecular weight is 617 g/mol. The third kappa shape index (κ3) is 4.31. The molecule has 4 fully saturated rings. The molecule has 230 valence electrons. The van der Waals surface area contributed by atoms with E-state index in [1.807, 2.05) is 67.6 Å².